The van der Waals surface area contributed by atoms with Gasteiger partial charge in [0.2, 0.25) is 5.91 Å². The Labute approximate surface area is 128 Å². The predicted octanol–water partition coefficient (Wildman–Crippen LogP) is 1.83. The Bertz CT molecular complexity index is 523. The van der Waals surface area contributed by atoms with Crippen molar-refractivity contribution < 1.29 is 9.59 Å². The monoisotopic (exact) mass is 307 g/mol. The van der Waals surface area contributed by atoms with Crippen molar-refractivity contribution >= 4 is 23.3 Å². The Morgan fingerprint density at radius 1 is 1.19 bits per heavy atom. The molecule has 5 nitrogen and oxygen atoms in total. The predicted molar refractivity (Wildman–Crippen MR) is 82.3 cm³/mol. The van der Waals surface area contributed by atoms with Gasteiger partial charge in [-0.2, -0.15) is 0 Å². The minimum atomic E-state index is -0.0546. The van der Waals surface area contributed by atoms with E-state index in [1.54, 1.807) is 11.3 Å². The number of rotatable bonds is 3. The van der Waals surface area contributed by atoms with Crippen molar-refractivity contribution in [3.63, 3.8) is 0 Å². The number of urea groups is 1. The van der Waals surface area contributed by atoms with Gasteiger partial charge in [0.15, 0.2) is 0 Å². The summed E-state index contributed by atoms with van der Waals surface area (Å²) in [7, 11) is 0. The van der Waals surface area contributed by atoms with Crippen LogP contribution in [0.25, 0.3) is 0 Å². The Balaban J connectivity index is 1.41. The van der Waals surface area contributed by atoms with E-state index in [-0.39, 0.29) is 11.9 Å². The lowest BCUT2D eigenvalue weighted by atomic mass is 10.1. The number of thiophene rings is 1. The molecule has 2 aliphatic rings. The van der Waals surface area contributed by atoms with Gasteiger partial charge in [0.25, 0.3) is 0 Å². The second kappa shape index (κ2) is 6.47. The number of carbonyl (C=O) groups excluding carboxylic acids is 2. The lowest BCUT2D eigenvalue weighted by molar-refractivity contribution is -0.129. The molecule has 2 aliphatic heterocycles. The van der Waals surface area contributed by atoms with E-state index in [0.717, 1.165) is 38.9 Å². The van der Waals surface area contributed by atoms with E-state index < -0.39 is 0 Å². The molecule has 3 rings (SSSR count). The first kappa shape index (κ1) is 14.4. The van der Waals surface area contributed by atoms with Crippen molar-refractivity contribution in [3.8, 4) is 0 Å². The lowest BCUT2D eigenvalue weighted by Gasteiger charge is -2.27. The Kier molecular flexibility index (Phi) is 4.43. The van der Waals surface area contributed by atoms with E-state index in [2.05, 4.69) is 16.8 Å². The van der Waals surface area contributed by atoms with E-state index in [0.29, 0.717) is 19.5 Å². The summed E-state index contributed by atoms with van der Waals surface area (Å²) in [5.41, 5.74) is 1.26. The molecule has 1 N–H and O–H groups in total. The van der Waals surface area contributed by atoms with Crippen LogP contribution in [0.1, 0.15) is 29.7 Å². The zero-order valence-corrected chi connectivity index (χ0v) is 13.0. The van der Waals surface area contributed by atoms with Gasteiger partial charge in [-0.3, -0.25) is 4.79 Å². The topological polar surface area (TPSA) is 52.7 Å². The summed E-state index contributed by atoms with van der Waals surface area (Å²) in [6, 6.07) is 2.04. The number of likely N-dealkylation sites (tertiary alicyclic amines) is 1. The number of hydrogen-bond donors (Lipinski definition) is 1. The summed E-state index contributed by atoms with van der Waals surface area (Å²) < 4.78 is 0. The van der Waals surface area contributed by atoms with Crippen LogP contribution in [0, 0.1) is 0 Å². The molecule has 0 saturated carbocycles. The number of hydrogen-bond acceptors (Lipinski definition) is 3. The molecule has 0 atom stereocenters. The highest BCUT2D eigenvalue weighted by Gasteiger charge is 2.22. The van der Waals surface area contributed by atoms with Gasteiger partial charge < -0.3 is 15.1 Å². The minimum absolute atomic E-state index is 0.0546. The molecular formula is C15H21N3O2S. The molecule has 6 heteroatoms. The average Bonchev–Trinajstić information content (AvgIpc) is 3.17. The fraction of sp³-hybridized carbons (Fsp3) is 0.600. The highest BCUT2D eigenvalue weighted by molar-refractivity contribution is 7.10. The molecule has 0 spiro atoms. The largest absolute Gasteiger partial charge is 0.343 e. The van der Waals surface area contributed by atoms with Gasteiger partial charge in [-0.25, -0.2) is 4.79 Å². The summed E-state index contributed by atoms with van der Waals surface area (Å²) >= 11 is 1.77. The van der Waals surface area contributed by atoms with Gasteiger partial charge >= 0.3 is 6.03 Å². The van der Waals surface area contributed by atoms with Crippen LogP contribution in [0.4, 0.5) is 4.79 Å². The third kappa shape index (κ3) is 3.37. The first-order valence-corrected chi connectivity index (χ1v) is 8.48. The third-order valence-corrected chi connectivity index (χ3v) is 5.19. The van der Waals surface area contributed by atoms with Crippen molar-refractivity contribution in [1.29, 1.82) is 0 Å². The molecule has 21 heavy (non-hydrogen) atoms. The van der Waals surface area contributed by atoms with Crippen LogP contribution >= 0.6 is 11.3 Å². The molecule has 0 unspecified atom stereocenters. The zero-order chi connectivity index (χ0) is 14.7. The molecule has 114 valence electrons. The average molecular weight is 307 g/mol. The third-order valence-electron chi connectivity index (χ3n) is 4.17. The molecule has 0 radical (unpaired) electrons. The molecule has 1 saturated heterocycles. The Morgan fingerprint density at radius 3 is 2.81 bits per heavy atom. The number of carbonyl (C=O) groups is 2. The lowest BCUT2D eigenvalue weighted by Crippen LogP contribution is -2.43. The highest BCUT2D eigenvalue weighted by atomic mass is 32.1. The SMILES string of the molecule is O=C(CCNC(=O)N1CCc2sccc2C1)N1CCCC1. The molecule has 1 fully saturated rings. The summed E-state index contributed by atoms with van der Waals surface area (Å²) in [6.07, 6.45) is 3.56. The van der Waals surface area contributed by atoms with E-state index in [4.69, 9.17) is 0 Å². The van der Waals surface area contributed by atoms with E-state index >= 15 is 0 Å². The van der Waals surface area contributed by atoms with E-state index in [9.17, 15) is 9.59 Å². The molecule has 3 heterocycles. The fourth-order valence-electron chi connectivity index (χ4n) is 2.93. The summed E-state index contributed by atoms with van der Waals surface area (Å²) in [6.45, 7) is 3.63. The number of nitrogens with zero attached hydrogens (tertiary/aromatic N) is 2. The van der Waals surface area contributed by atoms with Crippen LogP contribution in [-0.4, -0.2) is 47.9 Å². The van der Waals surface area contributed by atoms with Crippen molar-refractivity contribution in [1.82, 2.24) is 15.1 Å². The van der Waals surface area contributed by atoms with E-state index in [1.165, 1.54) is 10.4 Å². The first-order chi connectivity index (χ1) is 10.2. The molecule has 0 aromatic carbocycles. The van der Waals surface area contributed by atoms with Gasteiger partial charge in [0.05, 0.1) is 0 Å². The van der Waals surface area contributed by atoms with Gasteiger partial charge in [-0.1, -0.05) is 0 Å². The summed E-state index contributed by atoms with van der Waals surface area (Å²) in [5.74, 6) is 0.159. The molecule has 0 bridgehead atoms. The van der Waals surface area contributed by atoms with Crippen molar-refractivity contribution in [3.05, 3.63) is 21.9 Å². The van der Waals surface area contributed by atoms with Crippen LogP contribution in [-0.2, 0) is 17.8 Å². The zero-order valence-electron chi connectivity index (χ0n) is 12.1. The van der Waals surface area contributed by atoms with Crippen molar-refractivity contribution in [2.75, 3.05) is 26.2 Å². The normalized spacial score (nSPS) is 17.7. The van der Waals surface area contributed by atoms with Gasteiger partial charge in [0.1, 0.15) is 0 Å². The maximum Gasteiger partial charge on any atom is 0.317 e. The van der Waals surface area contributed by atoms with Crippen molar-refractivity contribution in [2.45, 2.75) is 32.2 Å². The van der Waals surface area contributed by atoms with Crippen LogP contribution in [0.5, 0.6) is 0 Å². The van der Waals surface area contributed by atoms with Crippen LogP contribution in [0.2, 0.25) is 0 Å². The quantitative estimate of drug-likeness (QED) is 0.926. The molecular weight excluding hydrogens is 286 g/mol. The summed E-state index contributed by atoms with van der Waals surface area (Å²) in [4.78, 5) is 29.1. The minimum Gasteiger partial charge on any atom is -0.343 e. The number of nitrogens with one attached hydrogen (secondary N) is 1. The second-order valence-corrected chi connectivity index (χ2v) is 6.61. The van der Waals surface area contributed by atoms with Gasteiger partial charge in [-0.05, 0) is 36.3 Å². The van der Waals surface area contributed by atoms with Crippen LogP contribution in [0.3, 0.4) is 0 Å². The molecule has 1 aromatic rings. The van der Waals surface area contributed by atoms with Crippen LogP contribution < -0.4 is 5.32 Å². The number of fused-ring (bicyclic) bond motifs is 1. The molecule has 3 amide bonds. The Hall–Kier alpha value is -1.56. The highest BCUT2D eigenvalue weighted by Crippen LogP contribution is 2.23. The van der Waals surface area contributed by atoms with E-state index in [1.807, 2.05) is 9.80 Å². The smallest absolute Gasteiger partial charge is 0.317 e. The van der Waals surface area contributed by atoms with Gasteiger partial charge in [-0.15, -0.1) is 11.3 Å². The summed E-state index contributed by atoms with van der Waals surface area (Å²) in [5, 5.41) is 4.96. The molecule has 1 aromatic heterocycles. The molecule has 0 aliphatic carbocycles. The van der Waals surface area contributed by atoms with Crippen LogP contribution in [0.15, 0.2) is 11.4 Å². The number of amides is 3. The first-order valence-electron chi connectivity index (χ1n) is 7.60. The Morgan fingerprint density at radius 2 is 2.00 bits per heavy atom. The second-order valence-electron chi connectivity index (χ2n) is 5.61. The van der Waals surface area contributed by atoms with Crippen molar-refractivity contribution in [2.24, 2.45) is 0 Å². The maximum atomic E-state index is 12.1. The van der Waals surface area contributed by atoms with Gasteiger partial charge in [0, 0.05) is 44.0 Å². The maximum absolute atomic E-state index is 12.1. The fourth-order valence-corrected chi connectivity index (χ4v) is 3.82. The standard InChI is InChI=1S/C15H21N3O2S/c19-14(17-7-1-2-8-17)3-6-16-15(20)18-9-4-13-12(11-18)5-10-21-13/h5,10H,1-4,6-9,11H2,(H,16,20).